The van der Waals surface area contributed by atoms with Crippen molar-refractivity contribution in [3.8, 4) is 5.75 Å². The van der Waals surface area contributed by atoms with Gasteiger partial charge in [0.1, 0.15) is 11.6 Å². The Labute approximate surface area is 116 Å². The Kier molecular flexibility index (Phi) is 3.13. The summed E-state index contributed by atoms with van der Waals surface area (Å²) in [5, 5.41) is 4.12. The van der Waals surface area contributed by atoms with Crippen LogP contribution in [0.25, 0.3) is 10.9 Å². The monoisotopic (exact) mass is 266 g/mol. The third-order valence-electron chi connectivity index (χ3n) is 3.23. The van der Waals surface area contributed by atoms with Crippen molar-refractivity contribution in [3.05, 3.63) is 54.1 Å². The number of aromatic amines is 1. The molecule has 3 rings (SSSR count). The maximum atomic E-state index is 11.4. The molecule has 0 saturated carbocycles. The number of methoxy groups -OCH3 is 1. The number of hydrogen-bond acceptors (Lipinski definition) is 3. The highest BCUT2D eigenvalue weighted by Crippen LogP contribution is 2.31. The number of rotatable bonds is 4. The standard InChI is InChI=1S/C16H14N2O2/c1-20-15-9-5-4-8-14(15)18-16-12(10-19)11-6-2-3-7-13(11)17-16/h2-10,17-18H,1H3. The molecule has 0 bridgehead atoms. The molecule has 2 aromatic carbocycles. The molecule has 0 atom stereocenters. The highest BCUT2D eigenvalue weighted by atomic mass is 16.5. The van der Waals surface area contributed by atoms with Gasteiger partial charge in [0.25, 0.3) is 0 Å². The van der Waals surface area contributed by atoms with Crippen LogP contribution in [0.1, 0.15) is 10.4 Å². The van der Waals surface area contributed by atoms with E-state index in [1.807, 2.05) is 48.5 Å². The van der Waals surface area contributed by atoms with Crippen LogP contribution in [-0.4, -0.2) is 18.4 Å². The molecule has 0 aliphatic rings. The lowest BCUT2D eigenvalue weighted by Gasteiger charge is -2.09. The SMILES string of the molecule is COc1ccccc1Nc1[nH]c2ccccc2c1C=O. The Bertz CT molecular complexity index is 762. The number of ether oxygens (including phenoxy) is 1. The van der Waals surface area contributed by atoms with Crippen molar-refractivity contribution in [3.63, 3.8) is 0 Å². The van der Waals surface area contributed by atoms with Crippen molar-refractivity contribution >= 4 is 28.7 Å². The highest BCUT2D eigenvalue weighted by molar-refractivity contribution is 6.03. The number of aldehydes is 1. The summed E-state index contributed by atoms with van der Waals surface area (Å²) < 4.78 is 5.30. The zero-order valence-electron chi connectivity index (χ0n) is 11.0. The predicted octanol–water partition coefficient (Wildman–Crippen LogP) is 3.73. The van der Waals surface area contributed by atoms with Crippen LogP contribution in [0.5, 0.6) is 5.75 Å². The minimum atomic E-state index is 0.617. The Morgan fingerprint density at radius 3 is 2.65 bits per heavy atom. The second kappa shape index (κ2) is 5.09. The van der Waals surface area contributed by atoms with Gasteiger partial charge in [-0.1, -0.05) is 30.3 Å². The molecule has 0 radical (unpaired) electrons. The van der Waals surface area contributed by atoms with Crippen molar-refractivity contribution in [2.75, 3.05) is 12.4 Å². The van der Waals surface area contributed by atoms with Gasteiger partial charge in [0.2, 0.25) is 0 Å². The van der Waals surface area contributed by atoms with Crippen molar-refractivity contribution in [1.82, 2.24) is 4.98 Å². The molecule has 0 aliphatic heterocycles. The number of nitrogens with one attached hydrogen (secondary N) is 2. The fourth-order valence-electron chi connectivity index (χ4n) is 2.27. The van der Waals surface area contributed by atoms with Gasteiger partial charge >= 0.3 is 0 Å². The first-order valence-corrected chi connectivity index (χ1v) is 6.29. The minimum absolute atomic E-state index is 0.617. The molecule has 2 N–H and O–H groups in total. The molecule has 0 aliphatic carbocycles. The second-order valence-electron chi connectivity index (χ2n) is 4.40. The smallest absolute Gasteiger partial charge is 0.154 e. The predicted molar refractivity (Wildman–Crippen MR) is 80.0 cm³/mol. The van der Waals surface area contributed by atoms with E-state index in [1.54, 1.807) is 7.11 Å². The van der Waals surface area contributed by atoms with E-state index in [0.29, 0.717) is 11.4 Å². The van der Waals surface area contributed by atoms with E-state index in [2.05, 4.69) is 10.3 Å². The van der Waals surface area contributed by atoms with Gasteiger partial charge in [-0.05, 0) is 18.2 Å². The normalized spacial score (nSPS) is 10.4. The summed E-state index contributed by atoms with van der Waals surface area (Å²) in [6.07, 6.45) is 0.858. The Morgan fingerprint density at radius 2 is 1.85 bits per heavy atom. The Hall–Kier alpha value is -2.75. The maximum absolute atomic E-state index is 11.4. The van der Waals surface area contributed by atoms with Gasteiger partial charge in [-0.3, -0.25) is 4.79 Å². The molecule has 4 heteroatoms. The van der Waals surface area contributed by atoms with Gasteiger partial charge in [0, 0.05) is 10.9 Å². The number of fused-ring (bicyclic) bond motifs is 1. The highest BCUT2D eigenvalue weighted by Gasteiger charge is 2.11. The third-order valence-corrected chi connectivity index (χ3v) is 3.23. The molecule has 20 heavy (non-hydrogen) atoms. The number of aromatic nitrogens is 1. The van der Waals surface area contributed by atoms with Crippen LogP contribution in [0, 0.1) is 0 Å². The second-order valence-corrected chi connectivity index (χ2v) is 4.40. The van der Waals surface area contributed by atoms with E-state index >= 15 is 0 Å². The van der Waals surface area contributed by atoms with E-state index in [1.165, 1.54) is 0 Å². The Morgan fingerprint density at radius 1 is 1.10 bits per heavy atom. The largest absolute Gasteiger partial charge is 0.495 e. The summed E-state index contributed by atoms with van der Waals surface area (Å²) in [6, 6.07) is 15.3. The molecule has 0 amide bonds. The van der Waals surface area contributed by atoms with Gasteiger partial charge < -0.3 is 15.0 Å². The van der Waals surface area contributed by atoms with Crippen LogP contribution >= 0.6 is 0 Å². The summed E-state index contributed by atoms with van der Waals surface area (Å²) in [6.45, 7) is 0. The quantitative estimate of drug-likeness (QED) is 0.707. The number of anilines is 2. The summed E-state index contributed by atoms with van der Waals surface area (Å²) >= 11 is 0. The first kappa shape index (κ1) is 12.3. The number of carbonyl (C=O) groups is 1. The maximum Gasteiger partial charge on any atom is 0.154 e. The summed E-state index contributed by atoms with van der Waals surface area (Å²) in [5.41, 5.74) is 2.35. The van der Waals surface area contributed by atoms with Crippen molar-refractivity contribution in [1.29, 1.82) is 0 Å². The van der Waals surface area contributed by atoms with Crippen molar-refractivity contribution < 1.29 is 9.53 Å². The number of hydrogen-bond donors (Lipinski definition) is 2. The van der Waals surface area contributed by atoms with Crippen LogP contribution in [-0.2, 0) is 0 Å². The van der Waals surface area contributed by atoms with Crippen LogP contribution in [0.2, 0.25) is 0 Å². The fraction of sp³-hybridized carbons (Fsp3) is 0.0625. The average molecular weight is 266 g/mol. The number of para-hydroxylation sites is 3. The van der Waals surface area contributed by atoms with Crippen LogP contribution < -0.4 is 10.1 Å². The molecule has 1 aromatic heterocycles. The topological polar surface area (TPSA) is 54.1 Å². The average Bonchev–Trinajstić information content (AvgIpc) is 2.85. The number of H-pyrrole nitrogens is 1. The molecular weight excluding hydrogens is 252 g/mol. The summed E-state index contributed by atoms with van der Waals surface area (Å²) in [4.78, 5) is 14.6. The van der Waals surface area contributed by atoms with Crippen LogP contribution in [0.15, 0.2) is 48.5 Å². The molecule has 0 fully saturated rings. The molecule has 100 valence electrons. The van der Waals surface area contributed by atoms with Gasteiger partial charge in [-0.25, -0.2) is 0 Å². The van der Waals surface area contributed by atoms with Crippen LogP contribution in [0.4, 0.5) is 11.5 Å². The van der Waals surface area contributed by atoms with Gasteiger partial charge in [-0.2, -0.15) is 0 Å². The van der Waals surface area contributed by atoms with E-state index in [9.17, 15) is 4.79 Å². The molecule has 0 spiro atoms. The molecule has 3 aromatic rings. The lowest BCUT2D eigenvalue weighted by molar-refractivity contribution is 0.112. The minimum Gasteiger partial charge on any atom is -0.495 e. The fourth-order valence-corrected chi connectivity index (χ4v) is 2.27. The number of carbonyl (C=O) groups excluding carboxylic acids is 1. The van der Waals surface area contributed by atoms with Crippen molar-refractivity contribution in [2.24, 2.45) is 0 Å². The summed E-state index contributed by atoms with van der Waals surface area (Å²) in [7, 11) is 1.62. The molecule has 0 saturated heterocycles. The van der Waals surface area contributed by atoms with Gasteiger partial charge in [0.05, 0.1) is 18.4 Å². The van der Waals surface area contributed by atoms with E-state index in [-0.39, 0.29) is 0 Å². The third kappa shape index (κ3) is 2.01. The summed E-state index contributed by atoms with van der Waals surface area (Å²) in [5.74, 6) is 1.40. The van der Waals surface area contributed by atoms with Gasteiger partial charge in [0.15, 0.2) is 6.29 Å². The van der Waals surface area contributed by atoms with E-state index in [0.717, 1.165) is 28.6 Å². The molecular formula is C16H14N2O2. The first-order chi connectivity index (χ1) is 9.83. The number of benzene rings is 2. The van der Waals surface area contributed by atoms with E-state index < -0.39 is 0 Å². The molecule has 0 unspecified atom stereocenters. The zero-order valence-corrected chi connectivity index (χ0v) is 11.0. The van der Waals surface area contributed by atoms with E-state index in [4.69, 9.17) is 4.74 Å². The Balaban J connectivity index is 2.08. The van der Waals surface area contributed by atoms with Crippen LogP contribution in [0.3, 0.4) is 0 Å². The molecule has 1 heterocycles. The van der Waals surface area contributed by atoms with Crippen molar-refractivity contribution in [2.45, 2.75) is 0 Å². The van der Waals surface area contributed by atoms with Gasteiger partial charge in [-0.15, -0.1) is 0 Å². The lowest BCUT2D eigenvalue weighted by atomic mass is 10.2. The first-order valence-electron chi connectivity index (χ1n) is 6.29. The molecule has 4 nitrogen and oxygen atoms in total. The lowest BCUT2D eigenvalue weighted by Crippen LogP contribution is -1.96. The zero-order chi connectivity index (χ0) is 13.9.